The first kappa shape index (κ1) is 31.5. The van der Waals surface area contributed by atoms with E-state index in [2.05, 4.69) is 18.7 Å². The zero-order chi connectivity index (χ0) is 26.9. The monoisotopic (exact) mass is 517 g/mol. The predicted octanol–water partition coefficient (Wildman–Crippen LogP) is 7.87. The molecule has 0 aliphatic carbocycles. The smallest absolute Gasteiger partial charge is 0.141 e. The van der Waals surface area contributed by atoms with Gasteiger partial charge in [-0.1, -0.05) is 84.5 Å². The number of hydrogen-bond donors (Lipinski definition) is 0. The van der Waals surface area contributed by atoms with Crippen LogP contribution in [0, 0.1) is 11.8 Å². The molecule has 1 aliphatic heterocycles. The first-order chi connectivity index (χ1) is 18.0. The summed E-state index contributed by atoms with van der Waals surface area (Å²) < 4.78 is 16.6. The summed E-state index contributed by atoms with van der Waals surface area (Å²) in [5.74, 6) is 3.14. The molecule has 0 spiro atoms. The number of carbonyl (C=O) groups excluding carboxylic acids is 1. The van der Waals surface area contributed by atoms with Crippen molar-refractivity contribution in [2.75, 3.05) is 41.0 Å². The van der Waals surface area contributed by atoms with Crippen LogP contribution < -0.4 is 14.2 Å². The highest BCUT2D eigenvalue weighted by atomic mass is 16.5. The van der Waals surface area contributed by atoms with E-state index in [9.17, 15) is 4.79 Å². The summed E-state index contributed by atoms with van der Waals surface area (Å²) >= 11 is 0. The second-order valence-electron chi connectivity index (χ2n) is 11.2. The second-order valence-corrected chi connectivity index (χ2v) is 11.2. The van der Waals surface area contributed by atoms with Gasteiger partial charge in [-0.2, -0.15) is 0 Å². The third kappa shape index (κ3) is 11.7. The molecule has 1 unspecified atom stereocenters. The van der Waals surface area contributed by atoms with Crippen molar-refractivity contribution in [3.8, 4) is 17.2 Å². The highest BCUT2D eigenvalue weighted by Crippen LogP contribution is 2.35. The Balaban J connectivity index is 1.91. The van der Waals surface area contributed by atoms with E-state index >= 15 is 0 Å². The third-order valence-corrected chi connectivity index (χ3v) is 8.13. The maximum Gasteiger partial charge on any atom is 0.141 e. The highest BCUT2D eigenvalue weighted by molar-refractivity contribution is 5.85. The molecule has 2 rings (SSSR count). The molecule has 37 heavy (non-hydrogen) atoms. The van der Waals surface area contributed by atoms with E-state index in [1.807, 2.05) is 12.1 Å². The first-order valence-corrected chi connectivity index (χ1v) is 15.1. The van der Waals surface area contributed by atoms with Crippen LogP contribution in [0.15, 0.2) is 12.1 Å². The molecule has 0 N–H and O–H groups in total. The summed E-state index contributed by atoms with van der Waals surface area (Å²) in [5, 5.41) is 0. The van der Waals surface area contributed by atoms with Crippen molar-refractivity contribution in [2.24, 2.45) is 11.8 Å². The largest absolute Gasteiger partial charge is 0.496 e. The molecule has 0 amide bonds. The molecule has 5 nitrogen and oxygen atoms in total. The first-order valence-electron chi connectivity index (χ1n) is 15.1. The van der Waals surface area contributed by atoms with Crippen molar-refractivity contribution >= 4 is 5.78 Å². The number of ketones is 1. The highest BCUT2D eigenvalue weighted by Gasteiger charge is 2.26. The van der Waals surface area contributed by atoms with E-state index in [4.69, 9.17) is 14.2 Å². The van der Waals surface area contributed by atoms with Crippen molar-refractivity contribution in [3.63, 3.8) is 0 Å². The van der Waals surface area contributed by atoms with Crippen LogP contribution in [0.5, 0.6) is 17.2 Å². The molecule has 1 atom stereocenters. The van der Waals surface area contributed by atoms with E-state index in [1.165, 1.54) is 77.0 Å². The van der Waals surface area contributed by atoms with Crippen LogP contribution >= 0.6 is 0 Å². The minimum Gasteiger partial charge on any atom is -0.496 e. The lowest BCUT2D eigenvalue weighted by atomic mass is 9.90. The normalized spacial score (nSPS) is 15.5. The maximum absolute atomic E-state index is 13.7. The van der Waals surface area contributed by atoms with E-state index in [0.29, 0.717) is 29.5 Å². The van der Waals surface area contributed by atoms with Crippen LogP contribution in [-0.4, -0.2) is 51.6 Å². The van der Waals surface area contributed by atoms with Gasteiger partial charge in [0.05, 0.1) is 21.3 Å². The molecule has 1 heterocycles. The van der Waals surface area contributed by atoms with Crippen LogP contribution in [0.1, 0.15) is 109 Å². The quantitative estimate of drug-likeness (QED) is 0.165. The van der Waals surface area contributed by atoms with E-state index < -0.39 is 0 Å². The molecule has 0 radical (unpaired) electrons. The molecule has 5 heteroatoms. The number of unbranched alkanes of at least 4 members (excludes halogenated alkanes) is 10. The van der Waals surface area contributed by atoms with Crippen LogP contribution in [0.25, 0.3) is 0 Å². The van der Waals surface area contributed by atoms with Gasteiger partial charge in [0.15, 0.2) is 0 Å². The van der Waals surface area contributed by atoms with Gasteiger partial charge in [-0.05, 0) is 38.3 Å². The van der Waals surface area contributed by atoms with Crippen molar-refractivity contribution in [1.82, 2.24) is 4.90 Å². The SMILES string of the molecule is CCCCCCCCCCCCCC(CN1CCC(C)CC1)C(=O)Cc1c(OC)cc(OC)cc1OC. The summed E-state index contributed by atoms with van der Waals surface area (Å²) in [7, 11) is 4.90. The number of benzene rings is 1. The maximum atomic E-state index is 13.7. The van der Waals surface area contributed by atoms with Crippen LogP contribution in [0.3, 0.4) is 0 Å². The summed E-state index contributed by atoms with van der Waals surface area (Å²) in [6.45, 7) is 7.71. The Bertz CT molecular complexity index is 732. The fourth-order valence-electron chi connectivity index (χ4n) is 5.54. The lowest BCUT2D eigenvalue weighted by Gasteiger charge is -2.33. The van der Waals surface area contributed by atoms with Crippen molar-refractivity contribution in [2.45, 2.75) is 110 Å². The van der Waals surface area contributed by atoms with Gasteiger partial charge in [0, 0.05) is 36.6 Å². The Morgan fingerprint density at radius 1 is 0.838 bits per heavy atom. The molecule has 0 aromatic heterocycles. The summed E-state index contributed by atoms with van der Waals surface area (Å²) in [6.07, 6.45) is 18.4. The lowest BCUT2D eigenvalue weighted by molar-refractivity contribution is -0.123. The average molecular weight is 518 g/mol. The number of hydrogen-bond acceptors (Lipinski definition) is 5. The Kier molecular flexibility index (Phi) is 15.7. The minimum absolute atomic E-state index is 0.0588. The molecule has 1 aromatic carbocycles. The molecular weight excluding hydrogens is 462 g/mol. The molecule has 1 fully saturated rings. The van der Waals surface area contributed by atoms with Gasteiger partial charge in [-0.15, -0.1) is 0 Å². The second kappa shape index (κ2) is 18.5. The van der Waals surface area contributed by atoms with Gasteiger partial charge in [0.25, 0.3) is 0 Å². The lowest BCUT2D eigenvalue weighted by Crippen LogP contribution is -2.39. The third-order valence-electron chi connectivity index (χ3n) is 8.13. The van der Waals surface area contributed by atoms with E-state index in [1.54, 1.807) is 21.3 Å². The summed E-state index contributed by atoms with van der Waals surface area (Å²) in [6, 6.07) is 3.69. The van der Waals surface area contributed by atoms with Gasteiger partial charge in [-0.3, -0.25) is 4.79 Å². The number of Topliss-reactive ketones (excluding diaryl/α,β-unsaturated/α-hetero) is 1. The Labute approximate surface area is 227 Å². The number of ether oxygens (including phenoxy) is 3. The molecule has 1 saturated heterocycles. The Morgan fingerprint density at radius 3 is 1.84 bits per heavy atom. The van der Waals surface area contributed by atoms with Gasteiger partial charge in [0.1, 0.15) is 23.0 Å². The molecule has 212 valence electrons. The molecule has 1 aliphatic rings. The van der Waals surface area contributed by atoms with Crippen molar-refractivity contribution < 1.29 is 19.0 Å². The number of methoxy groups -OCH3 is 3. The zero-order valence-electron chi connectivity index (χ0n) is 24.6. The van der Waals surface area contributed by atoms with E-state index in [-0.39, 0.29) is 5.92 Å². The molecule has 0 saturated carbocycles. The van der Waals surface area contributed by atoms with Crippen molar-refractivity contribution in [1.29, 1.82) is 0 Å². The van der Waals surface area contributed by atoms with Crippen LogP contribution in [-0.2, 0) is 11.2 Å². The summed E-state index contributed by atoms with van der Waals surface area (Å²) in [4.78, 5) is 16.2. The molecular formula is C32H55NO4. The number of nitrogens with zero attached hydrogens (tertiary/aromatic N) is 1. The number of rotatable bonds is 20. The Hall–Kier alpha value is -1.75. The summed E-state index contributed by atoms with van der Waals surface area (Å²) in [5.41, 5.74) is 0.826. The van der Waals surface area contributed by atoms with Gasteiger partial charge < -0.3 is 19.1 Å². The fraction of sp³-hybridized carbons (Fsp3) is 0.781. The van der Waals surface area contributed by atoms with E-state index in [0.717, 1.165) is 44.0 Å². The average Bonchev–Trinajstić information content (AvgIpc) is 2.92. The topological polar surface area (TPSA) is 48.0 Å². The molecule has 1 aromatic rings. The fourth-order valence-corrected chi connectivity index (χ4v) is 5.54. The van der Waals surface area contributed by atoms with Gasteiger partial charge >= 0.3 is 0 Å². The Morgan fingerprint density at radius 2 is 1.35 bits per heavy atom. The van der Waals surface area contributed by atoms with Crippen LogP contribution in [0.4, 0.5) is 0 Å². The van der Waals surface area contributed by atoms with Crippen molar-refractivity contribution in [3.05, 3.63) is 17.7 Å². The zero-order valence-corrected chi connectivity index (χ0v) is 24.6. The standard InChI is InChI=1S/C32H55NO4/c1-6-7-8-9-10-11-12-13-14-15-16-17-27(25-33-20-18-26(2)19-21-33)30(34)24-29-31(36-4)22-28(35-3)23-32(29)37-5/h22-23,26-27H,6-21,24-25H2,1-5H3. The predicted molar refractivity (Wildman–Crippen MR) is 154 cm³/mol. The number of piperidine rings is 1. The number of likely N-dealkylation sites (tertiary alicyclic amines) is 1. The van der Waals surface area contributed by atoms with Gasteiger partial charge in [-0.25, -0.2) is 0 Å². The minimum atomic E-state index is 0.0588. The van der Waals surface area contributed by atoms with Crippen LogP contribution in [0.2, 0.25) is 0 Å². The van der Waals surface area contributed by atoms with Gasteiger partial charge in [0.2, 0.25) is 0 Å². The number of carbonyl (C=O) groups is 1. The molecule has 0 bridgehead atoms.